The van der Waals surface area contributed by atoms with Crippen LogP contribution in [0.2, 0.25) is 0 Å². The first kappa shape index (κ1) is 10.9. The quantitative estimate of drug-likeness (QED) is 0.629. The fourth-order valence-corrected chi connectivity index (χ4v) is 2.07. The Bertz CT molecular complexity index is 212. The molecule has 1 N–H and O–H groups in total. The lowest BCUT2D eigenvalue weighted by molar-refractivity contribution is 0.00846. The van der Waals surface area contributed by atoms with Gasteiger partial charge in [0.05, 0.1) is 11.4 Å². The minimum absolute atomic E-state index is 0.0802. The first-order valence-corrected chi connectivity index (χ1v) is 5.77. The van der Waals surface area contributed by atoms with Gasteiger partial charge in [-0.3, -0.25) is 0 Å². The van der Waals surface area contributed by atoms with Crippen molar-refractivity contribution in [2.45, 2.75) is 31.1 Å². The Labute approximate surface area is 79.9 Å². The Morgan fingerprint density at radius 3 is 2.38 bits per heavy atom. The van der Waals surface area contributed by atoms with Crippen molar-refractivity contribution in [3.63, 3.8) is 0 Å². The maximum Gasteiger partial charge on any atom is 0.145 e. The van der Waals surface area contributed by atoms with Crippen LogP contribution in [0.5, 0.6) is 0 Å². The molecule has 1 saturated heterocycles. The van der Waals surface area contributed by atoms with Crippen LogP contribution in [0.25, 0.3) is 0 Å². The van der Waals surface area contributed by atoms with Crippen molar-refractivity contribution >= 4 is 10.7 Å². The van der Waals surface area contributed by atoms with Crippen LogP contribution in [-0.2, 0) is 15.4 Å². The zero-order valence-corrected chi connectivity index (χ0v) is 8.57. The Morgan fingerprint density at radius 2 is 1.92 bits per heavy atom. The summed E-state index contributed by atoms with van der Waals surface area (Å²) in [7, 11) is -2.52. The number of hydrogen-bond donors (Lipinski definition) is 2. The van der Waals surface area contributed by atoms with Crippen LogP contribution in [0.1, 0.15) is 19.8 Å². The lowest BCUT2D eigenvalue weighted by Crippen LogP contribution is -2.35. The fraction of sp³-hybridized carbons (Fsp3) is 1.00. The van der Waals surface area contributed by atoms with E-state index in [4.69, 9.17) is 4.74 Å². The lowest BCUT2D eigenvalue weighted by atomic mass is 9.92. The largest absolute Gasteiger partial charge is 0.392 e. The number of rotatable bonds is 3. The number of ether oxygens (including phenoxy) is 1. The van der Waals surface area contributed by atoms with Crippen molar-refractivity contribution in [3.05, 3.63) is 0 Å². The van der Waals surface area contributed by atoms with Crippen molar-refractivity contribution in [2.24, 2.45) is 5.92 Å². The molecule has 0 radical (unpaired) electrons. The first-order chi connectivity index (χ1) is 6.13. The molecule has 1 aliphatic rings. The standard InChI is InChI=1S/C8H16O4S/c1-6(13(10)11)8(9)7-2-4-12-5-3-7/h6-9,13H,2-5H2,1H3/t6-,8-/m1/s1. The molecule has 1 rings (SSSR count). The predicted octanol–water partition coefficient (Wildman–Crippen LogP) is -0.226. The second-order valence-corrected chi connectivity index (χ2v) is 4.85. The van der Waals surface area contributed by atoms with Gasteiger partial charge in [-0.25, -0.2) is 8.42 Å². The number of hydrogen-bond acceptors (Lipinski definition) is 4. The third kappa shape index (κ3) is 2.93. The molecule has 0 aliphatic carbocycles. The molecule has 13 heavy (non-hydrogen) atoms. The molecular formula is C8H16O4S. The molecule has 0 spiro atoms. The fourth-order valence-electron chi connectivity index (χ4n) is 1.58. The zero-order chi connectivity index (χ0) is 9.84. The first-order valence-electron chi connectivity index (χ1n) is 4.52. The second kappa shape index (κ2) is 4.93. The van der Waals surface area contributed by atoms with Crippen LogP contribution in [0.3, 0.4) is 0 Å². The molecule has 0 aromatic heterocycles. The third-order valence-corrected chi connectivity index (χ3v) is 3.55. The molecular weight excluding hydrogens is 192 g/mol. The van der Waals surface area contributed by atoms with E-state index in [1.807, 2.05) is 0 Å². The summed E-state index contributed by atoms with van der Waals surface area (Å²) >= 11 is 0. The van der Waals surface area contributed by atoms with Gasteiger partial charge in [0.25, 0.3) is 0 Å². The van der Waals surface area contributed by atoms with Gasteiger partial charge in [0.1, 0.15) is 10.7 Å². The average molecular weight is 208 g/mol. The van der Waals surface area contributed by atoms with Crippen LogP contribution in [0.4, 0.5) is 0 Å². The minimum atomic E-state index is -2.52. The van der Waals surface area contributed by atoms with E-state index >= 15 is 0 Å². The summed E-state index contributed by atoms with van der Waals surface area (Å²) in [5, 5.41) is 9.03. The van der Waals surface area contributed by atoms with E-state index < -0.39 is 22.1 Å². The summed E-state index contributed by atoms with van der Waals surface area (Å²) in [6, 6.07) is 0. The minimum Gasteiger partial charge on any atom is -0.392 e. The van der Waals surface area contributed by atoms with Crippen LogP contribution in [-0.4, -0.2) is 38.1 Å². The van der Waals surface area contributed by atoms with Gasteiger partial charge in [-0.1, -0.05) is 0 Å². The van der Waals surface area contributed by atoms with Crippen LogP contribution in [0.15, 0.2) is 0 Å². The van der Waals surface area contributed by atoms with Gasteiger partial charge in [-0.15, -0.1) is 0 Å². The third-order valence-electron chi connectivity index (χ3n) is 2.58. The molecule has 1 fully saturated rings. The predicted molar refractivity (Wildman–Crippen MR) is 49.3 cm³/mol. The van der Waals surface area contributed by atoms with E-state index in [1.54, 1.807) is 6.92 Å². The highest BCUT2D eigenvalue weighted by atomic mass is 32.2. The Kier molecular flexibility index (Phi) is 4.15. The Balaban J connectivity index is 2.49. The molecule has 78 valence electrons. The summed E-state index contributed by atoms with van der Waals surface area (Å²) in [6.45, 7) is 2.81. The van der Waals surface area contributed by atoms with Crippen LogP contribution >= 0.6 is 0 Å². The van der Waals surface area contributed by atoms with Crippen molar-refractivity contribution in [1.29, 1.82) is 0 Å². The van der Waals surface area contributed by atoms with E-state index in [0.717, 1.165) is 12.8 Å². The highest BCUT2D eigenvalue weighted by Crippen LogP contribution is 2.21. The second-order valence-electron chi connectivity index (χ2n) is 3.47. The van der Waals surface area contributed by atoms with Crippen molar-refractivity contribution < 1.29 is 18.3 Å². The van der Waals surface area contributed by atoms with E-state index in [9.17, 15) is 13.5 Å². The van der Waals surface area contributed by atoms with E-state index in [0.29, 0.717) is 13.2 Å². The van der Waals surface area contributed by atoms with Crippen molar-refractivity contribution in [3.8, 4) is 0 Å². The summed E-state index contributed by atoms with van der Waals surface area (Å²) in [4.78, 5) is 0. The van der Waals surface area contributed by atoms with Gasteiger partial charge in [-0.05, 0) is 25.7 Å². The normalized spacial score (nSPS) is 24.5. The molecule has 1 aliphatic heterocycles. The lowest BCUT2D eigenvalue weighted by Gasteiger charge is -2.28. The van der Waals surface area contributed by atoms with Crippen LogP contribution < -0.4 is 0 Å². The monoisotopic (exact) mass is 208 g/mol. The topological polar surface area (TPSA) is 63.6 Å². The molecule has 0 bridgehead atoms. The highest BCUT2D eigenvalue weighted by molar-refractivity contribution is 7.73. The molecule has 0 aromatic carbocycles. The number of aliphatic hydroxyl groups is 1. The summed E-state index contributed by atoms with van der Waals surface area (Å²) in [5.41, 5.74) is 0. The zero-order valence-electron chi connectivity index (χ0n) is 7.68. The average Bonchev–Trinajstić information content (AvgIpc) is 2.17. The van der Waals surface area contributed by atoms with Gasteiger partial charge in [-0.2, -0.15) is 0 Å². The van der Waals surface area contributed by atoms with E-state index in [1.165, 1.54) is 0 Å². The highest BCUT2D eigenvalue weighted by Gasteiger charge is 2.27. The van der Waals surface area contributed by atoms with E-state index in [2.05, 4.69) is 0 Å². The maximum atomic E-state index is 10.6. The van der Waals surface area contributed by atoms with Crippen molar-refractivity contribution in [2.75, 3.05) is 13.2 Å². The van der Waals surface area contributed by atoms with Gasteiger partial charge in [0, 0.05) is 13.2 Å². The molecule has 0 unspecified atom stereocenters. The van der Waals surface area contributed by atoms with Crippen LogP contribution in [0, 0.1) is 5.92 Å². The van der Waals surface area contributed by atoms with Gasteiger partial charge in [0.2, 0.25) is 0 Å². The molecule has 0 amide bonds. The van der Waals surface area contributed by atoms with Gasteiger partial charge in [0.15, 0.2) is 0 Å². The number of aliphatic hydroxyl groups excluding tert-OH is 1. The van der Waals surface area contributed by atoms with E-state index in [-0.39, 0.29) is 5.92 Å². The smallest absolute Gasteiger partial charge is 0.145 e. The summed E-state index contributed by atoms with van der Waals surface area (Å²) < 4.78 is 26.4. The maximum absolute atomic E-state index is 10.6. The Morgan fingerprint density at radius 1 is 1.38 bits per heavy atom. The van der Waals surface area contributed by atoms with Crippen molar-refractivity contribution in [1.82, 2.24) is 0 Å². The SMILES string of the molecule is C[C@H]([C@@H](O)C1CCOCC1)[SH](=O)=O. The molecule has 2 atom stereocenters. The number of thiol groups is 1. The molecule has 4 nitrogen and oxygen atoms in total. The molecule has 0 aromatic rings. The van der Waals surface area contributed by atoms with Gasteiger partial charge < -0.3 is 9.84 Å². The molecule has 1 heterocycles. The summed E-state index contributed by atoms with van der Waals surface area (Å²) in [6.07, 6.45) is 0.786. The molecule has 0 saturated carbocycles. The summed E-state index contributed by atoms with van der Waals surface area (Å²) in [5.74, 6) is 0.0802. The van der Waals surface area contributed by atoms with Gasteiger partial charge >= 0.3 is 0 Å². The Hall–Kier alpha value is -0.130. The molecule has 5 heteroatoms.